The third-order valence-electron chi connectivity index (χ3n) is 3.95. The van der Waals surface area contributed by atoms with Crippen molar-refractivity contribution in [3.05, 3.63) is 71.9 Å². The molecular weight excluding hydrogens is 298 g/mol. The quantitative estimate of drug-likeness (QED) is 0.587. The SMILES string of the molecule is CCCCC/C=C1\C(=O)N(c2ccccn2)N=C1c1ccccc1. The lowest BCUT2D eigenvalue weighted by Gasteiger charge is -2.09. The van der Waals surface area contributed by atoms with Gasteiger partial charge in [0, 0.05) is 11.8 Å². The summed E-state index contributed by atoms with van der Waals surface area (Å²) in [5, 5.41) is 5.96. The van der Waals surface area contributed by atoms with Crippen LogP contribution in [-0.4, -0.2) is 16.6 Å². The number of pyridine rings is 1. The van der Waals surface area contributed by atoms with Crippen molar-refractivity contribution in [2.75, 3.05) is 5.01 Å². The van der Waals surface area contributed by atoms with Crippen LogP contribution in [0.5, 0.6) is 0 Å². The number of hydrogen-bond acceptors (Lipinski definition) is 3. The summed E-state index contributed by atoms with van der Waals surface area (Å²) in [5.74, 6) is 0.442. The monoisotopic (exact) mass is 319 g/mol. The summed E-state index contributed by atoms with van der Waals surface area (Å²) in [6.07, 6.45) is 7.99. The molecule has 4 heteroatoms. The lowest BCUT2D eigenvalue weighted by molar-refractivity contribution is -0.114. The van der Waals surface area contributed by atoms with E-state index in [1.807, 2.05) is 48.5 Å². The minimum Gasteiger partial charge on any atom is -0.267 e. The minimum absolute atomic E-state index is 0.107. The van der Waals surface area contributed by atoms with E-state index in [0.29, 0.717) is 11.4 Å². The van der Waals surface area contributed by atoms with Crippen LogP contribution in [0.1, 0.15) is 38.2 Å². The molecule has 0 atom stereocenters. The molecule has 1 aliphatic heterocycles. The second-order valence-corrected chi connectivity index (χ2v) is 5.73. The van der Waals surface area contributed by atoms with Crippen LogP contribution in [0.2, 0.25) is 0 Å². The van der Waals surface area contributed by atoms with Gasteiger partial charge in [-0.3, -0.25) is 4.79 Å². The van der Waals surface area contributed by atoms with Gasteiger partial charge < -0.3 is 0 Å². The maximum Gasteiger partial charge on any atom is 0.282 e. The van der Waals surface area contributed by atoms with Gasteiger partial charge in [-0.1, -0.05) is 62.2 Å². The topological polar surface area (TPSA) is 45.6 Å². The van der Waals surface area contributed by atoms with Crippen LogP contribution < -0.4 is 5.01 Å². The van der Waals surface area contributed by atoms with Gasteiger partial charge in [-0.15, -0.1) is 0 Å². The van der Waals surface area contributed by atoms with E-state index in [9.17, 15) is 4.79 Å². The summed E-state index contributed by atoms with van der Waals surface area (Å²) in [7, 11) is 0. The Morgan fingerprint density at radius 2 is 1.83 bits per heavy atom. The zero-order chi connectivity index (χ0) is 16.8. The number of hydrazone groups is 1. The van der Waals surface area contributed by atoms with Gasteiger partial charge in [0.05, 0.1) is 5.57 Å². The molecule has 0 bridgehead atoms. The van der Waals surface area contributed by atoms with Crippen LogP contribution in [-0.2, 0) is 4.79 Å². The fourth-order valence-corrected chi connectivity index (χ4v) is 2.68. The molecule has 24 heavy (non-hydrogen) atoms. The Balaban J connectivity index is 1.94. The highest BCUT2D eigenvalue weighted by Gasteiger charge is 2.32. The second kappa shape index (κ2) is 7.68. The lowest BCUT2D eigenvalue weighted by Crippen LogP contribution is -2.22. The molecule has 0 fully saturated rings. The minimum atomic E-state index is -0.107. The van der Waals surface area contributed by atoms with Crippen LogP contribution in [0.3, 0.4) is 0 Å². The van der Waals surface area contributed by atoms with Gasteiger partial charge in [-0.05, 0) is 25.0 Å². The van der Waals surface area contributed by atoms with Crippen molar-refractivity contribution < 1.29 is 4.79 Å². The summed E-state index contributed by atoms with van der Waals surface area (Å²) < 4.78 is 0. The second-order valence-electron chi connectivity index (χ2n) is 5.73. The molecule has 0 N–H and O–H groups in total. The average molecular weight is 319 g/mol. The molecule has 0 spiro atoms. The van der Waals surface area contributed by atoms with E-state index in [0.717, 1.165) is 30.5 Å². The number of anilines is 1. The van der Waals surface area contributed by atoms with Crippen LogP contribution >= 0.6 is 0 Å². The zero-order valence-electron chi connectivity index (χ0n) is 13.9. The molecule has 122 valence electrons. The molecule has 1 aromatic heterocycles. The molecule has 0 saturated carbocycles. The number of unbranched alkanes of at least 4 members (excludes halogenated alkanes) is 3. The summed E-state index contributed by atoms with van der Waals surface area (Å²) in [6, 6.07) is 15.3. The molecule has 4 nitrogen and oxygen atoms in total. The van der Waals surface area contributed by atoms with Gasteiger partial charge in [0.2, 0.25) is 0 Å². The average Bonchev–Trinajstić information content (AvgIpc) is 2.97. The first kappa shape index (κ1) is 16.1. The molecule has 2 aromatic rings. The van der Waals surface area contributed by atoms with Gasteiger partial charge in [-0.25, -0.2) is 4.98 Å². The fourth-order valence-electron chi connectivity index (χ4n) is 2.68. The van der Waals surface area contributed by atoms with Crippen LogP contribution in [0.25, 0.3) is 0 Å². The summed E-state index contributed by atoms with van der Waals surface area (Å²) in [5.41, 5.74) is 2.34. The summed E-state index contributed by atoms with van der Waals surface area (Å²) in [4.78, 5) is 17.1. The molecule has 0 radical (unpaired) electrons. The fraction of sp³-hybridized carbons (Fsp3) is 0.250. The van der Waals surface area contributed by atoms with E-state index in [2.05, 4.69) is 17.0 Å². The van der Waals surface area contributed by atoms with Crippen molar-refractivity contribution in [1.82, 2.24) is 4.98 Å². The number of carbonyl (C=O) groups excluding carboxylic acids is 1. The highest BCUT2D eigenvalue weighted by molar-refractivity contribution is 6.35. The highest BCUT2D eigenvalue weighted by atomic mass is 16.2. The van der Waals surface area contributed by atoms with Crippen molar-refractivity contribution in [3.63, 3.8) is 0 Å². The molecular formula is C20H21N3O. The molecule has 3 rings (SSSR count). The predicted octanol–water partition coefficient (Wildman–Crippen LogP) is 4.34. The number of allylic oxidation sites excluding steroid dienone is 1. The molecule has 2 heterocycles. The Kier molecular flexibility index (Phi) is 5.16. The van der Waals surface area contributed by atoms with Crippen LogP contribution in [0.15, 0.2) is 71.5 Å². The number of carbonyl (C=O) groups is 1. The van der Waals surface area contributed by atoms with Gasteiger partial charge in [0.15, 0.2) is 5.82 Å². The van der Waals surface area contributed by atoms with Gasteiger partial charge in [0.25, 0.3) is 5.91 Å². The smallest absolute Gasteiger partial charge is 0.267 e. The van der Waals surface area contributed by atoms with Crippen molar-refractivity contribution in [1.29, 1.82) is 0 Å². The summed E-state index contributed by atoms with van der Waals surface area (Å²) in [6.45, 7) is 2.17. The number of nitrogens with zero attached hydrogens (tertiary/aromatic N) is 3. The third kappa shape index (κ3) is 3.43. The Morgan fingerprint density at radius 3 is 2.54 bits per heavy atom. The standard InChI is InChI=1S/C20H21N3O/c1-2-3-4-8-13-17-19(16-11-6-5-7-12-16)22-23(20(17)24)18-14-9-10-15-21-18/h5-7,9-15H,2-4,8H2,1H3/b17-13-. The van der Waals surface area contributed by atoms with E-state index >= 15 is 0 Å². The molecule has 0 unspecified atom stereocenters. The first-order chi connectivity index (χ1) is 11.8. The van der Waals surface area contributed by atoms with E-state index in [1.165, 1.54) is 11.4 Å². The normalized spacial score (nSPS) is 15.9. The van der Waals surface area contributed by atoms with Gasteiger partial charge in [-0.2, -0.15) is 10.1 Å². The van der Waals surface area contributed by atoms with Crippen molar-refractivity contribution in [3.8, 4) is 0 Å². The molecule has 1 amide bonds. The van der Waals surface area contributed by atoms with Gasteiger partial charge in [0.1, 0.15) is 5.71 Å². The first-order valence-electron chi connectivity index (χ1n) is 8.41. The molecule has 0 aliphatic carbocycles. The van der Waals surface area contributed by atoms with Crippen molar-refractivity contribution >= 4 is 17.4 Å². The first-order valence-corrected chi connectivity index (χ1v) is 8.41. The van der Waals surface area contributed by atoms with Crippen molar-refractivity contribution in [2.45, 2.75) is 32.6 Å². The van der Waals surface area contributed by atoms with E-state index in [-0.39, 0.29) is 5.91 Å². The number of rotatable bonds is 6. The maximum absolute atomic E-state index is 12.9. The zero-order valence-corrected chi connectivity index (χ0v) is 13.9. The molecule has 1 aromatic carbocycles. The maximum atomic E-state index is 12.9. The number of hydrogen-bond donors (Lipinski definition) is 0. The Bertz CT molecular complexity index is 751. The third-order valence-corrected chi connectivity index (χ3v) is 3.95. The molecule has 0 saturated heterocycles. The predicted molar refractivity (Wildman–Crippen MR) is 96.9 cm³/mol. The Labute approximate surface area is 142 Å². The van der Waals surface area contributed by atoms with Crippen molar-refractivity contribution in [2.24, 2.45) is 5.10 Å². The van der Waals surface area contributed by atoms with Gasteiger partial charge >= 0.3 is 0 Å². The van der Waals surface area contributed by atoms with E-state index in [1.54, 1.807) is 12.3 Å². The van der Waals surface area contributed by atoms with E-state index < -0.39 is 0 Å². The number of benzene rings is 1. The van der Waals surface area contributed by atoms with Crippen LogP contribution in [0.4, 0.5) is 5.82 Å². The highest BCUT2D eigenvalue weighted by Crippen LogP contribution is 2.25. The lowest BCUT2D eigenvalue weighted by atomic mass is 10.0. The van der Waals surface area contributed by atoms with E-state index in [4.69, 9.17) is 0 Å². The summed E-state index contributed by atoms with van der Waals surface area (Å²) >= 11 is 0. The Morgan fingerprint density at radius 1 is 1.04 bits per heavy atom. The largest absolute Gasteiger partial charge is 0.282 e. The molecule has 1 aliphatic rings. The number of amides is 1. The number of aromatic nitrogens is 1. The van der Waals surface area contributed by atoms with Crippen LogP contribution in [0, 0.1) is 0 Å². The Hall–Kier alpha value is -2.75.